The molecule has 0 fully saturated rings. The minimum Gasteiger partial charge on any atom is -0.309 e. The zero-order valence-electron chi connectivity index (χ0n) is 35.9. The van der Waals surface area contributed by atoms with Gasteiger partial charge in [-0.05, 0) is 118 Å². The van der Waals surface area contributed by atoms with E-state index in [1.165, 1.54) is 71.6 Å². The first-order valence-electron chi connectivity index (χ1n) is 22.5. The average Bonchev–Trinajstić information content (AvgIpc) is 3.91. The molecule has 4 nitrogen and oxygen atoms in total. The van der Waals surface area contributed by atoms with Crippen LogP contribution >= 0.6 is 0 Å². The van der Waals surface area contributed by atoms with Gasteiger partial charge in [0.25, 0.3) is 0 Å². The van der Waals surface area contributed by atoms with E-state index < -0.39 is 0 Å². The maximum absolute atomic E-state index is 5.28. The van der Waals surface area contributed by atoms with Crippen LogP contribution in [0.1, 0.15) is 0 Å². The van der Waals surface area contributed by atoms with Gasteiger partial charge in [-0.1, -0.05) is 158 Å². The summed E-state index contributed by atoms with van der Waals surface area (Å²) in [4.78, 5) is 10.5. The van der Waals surface area contributed by atoms with Gasteiger partial charge in [0.15, 0.2) is 5.82 Å². The van der Waals surface area contributed by atoms with Crippen LogP contribution in [-0.4, -0.2) is 19.1 Å². The Kier molecular flexibility index (Phi) is 8.81. The van der Waals surface area contributed by atoms with Gasteiger partial charge in [-0.25, -0.2) is 9.97 Å². The minimum absolute atomic E-state index is 0.702. The molecule has 0 bridgehead atoms. The number of para-hydroxylation sites is 4. The molecule has 13 aromatic rings. The second kappa shape index (κ2) is 15.4. The third-order valence-electron chi connectivity index (χ3n) is 13.1. The summed E-state index contributed by atoms with van der Waals surface area (Å²) in [6.45, 7) is 0. The van der Waals surface area contributed by atoms with Crippen molar-refractivity contribution in [2.45, 2.75) is 0 Å². The molecular weight excluding hydrogens is 801 g/mol. The number of nitrogens with zero attached hydrogens (tertiary/aromatic N) is 4. The van der Waals surface area contributed by atoms with Crippen LogP contribution in [0.4, 0.5) is 0 Å². The normalized spacial score (nSPS) is 11.6. The predicted octanol–water partition coefficient (Wildman–Crippen LogP) is 16.2. The van der Waals surface area contributed by atoms with Crippen molar-refractivity contribution in [3.63, 3.8) is 0 Å². The van der Waals surface area contributed by atoms with E-state index >= 15 is 0 Å². The summed E-state index contributed by atoms with van der Waals surface area (Å²) >= 11 is 0. The van der Waals surface area contributed by atoms with Crippen molar-refractivity contribution in [2.75, 3.05) is 0 Å². The first kappa shape index (κ1) is 37.7. The van der Waals surface area contributed by atoms with Crippen molar-refractivity contribution in [1.29, 1.82) is 0 Å². The molecule has 0 atom stereocenters. The van der Waals surface area contributed by atoms with Crippen molar-refractivity contribution in [1.82, 2.24) is 19.1 Å². The molecule has 0 radical (unpaired) electrons. The van der Waals surface area contributed by atoms with E-state index in [4.69, 9.17) is 9.97 Å². The van der Waals surface area contributed by atoms with Crippen molar-refractivity contribution in [3.05, 3.63) is 243 Å². The van der Waals surface area contributed by atoms with Crippen LogP contribution in [0.25, 0.3) is 122 Å². The fourth-order valence-electron chi connectivity index (χ4n) is 9.95. The van der Waals surface area contributed by atoms with Gasteiger partial charge >= 0.3 is 0 Å². The highest BCUT2D eigenvalue weighted by Gasteiger charge is 2.17. The first-order valence-corrected chi connectivity index (χ1v) is 22.5. The summed E-state index contributed by atoms with van der Waals surface area (Å²) in [6.07, 6.45) is 0. The molecule has 3 aromatic heterocycles. The van der Waals surface area contributed by atoms with E-state index in [-0.39, 0.29) is 0 Å². The Balaban J connectivity index is 0.826. The maximum Gasteiger partial charge on any atom is 0.160 e. The SMILES string of the molecule is c1ccc(-c2nc(-c3ccc(-n4c5ccccc5c5ccccc54)cc3)nc3ccc(-c4ccc(-c5cccc(-c6ccc7c(c6)c6ccccc6n7-c6ccccc6)c5)cc4)cc23)cc1. The summed E-state index contributed by atoms with van der Waals surface area (Å²) in [7, 11) is 0. The first-order chi connectivity index (χ1) is 32.7. The summed E-state index contributed by atoms with van der Waals surface area (Å²) < 4.78 is 4.70. The topological polar surface area (TPSA) is 35.6 Å². The molecule has 4 heteroatoms. The summed E-state index contributed by atoms with van der Waals surface area (Å²) in [6, 6.07) is 86.9. The molecule has 0 aliphatic rings. The zero-order chi connectivity index (χ0) is 43.6. The summed E-state index contributed by atoms with van der Waals surface area (Å²) in [5.41, 5.74) is 17.9. The lowest BCUT2D eigenvalue weighted by atomic mass is 9.95. The molecular formula is C62H40N4. The highest BCUT2D eigenvalue weighted by Crippen LogP contribution is 2.38. The molecule has 3 heterocycles. The largest absolute Gasteiger partial charge is 0.309 e. The third-order valence-corrected chi connectivity index (χ3v) is 13.1. The Morgan fingerprint density at radius 1 is 0.242 bits per heavy atom. The highest BCUT2D eigenvalue weighted by atomic mass is 15.0. The van der Waals surface area contributed by atoms with Crippen LogP contribution in [-0.2, 0) is 0 Å². The van der Waals surface area contributed by atoms with Crippen LogP contribution in [0.3, 0.4) is 0 Å². The summed E-state index contributed by atoms with van der Waals surface area (Å²) in [5.74, 6) is 0.702. The number of hydrogen-bond donors (Lipinski definition) is 0. The molecule has 13 rings (SSSR count). The lowest BCUT2D eigenvalue weighted by molar-refractivity contribution is 1.17. The van der Waals surface area contributed by atoms with Crippen LogP contribution in [0.2, 0.25) is 0 Å². The number of benzene rings is 10. The molecule has 0 spiro atoms. The van der Waals surface area contributed by atoms with Crippen molar-refractivity contribution >= 4 is 54.5 Å². The second-order valence-corrected chi connectivity index (χ2v) is 17.0. The molecule has 0 saturated heterocycles. The molecule has 308 valence electrons. The standard InChI is InChI=1S/C62H40N4/c1-3-14-43(15-4-1)61-55-40-47(32-36-56(55)63-62(64-61)44-30-34-50(35-31-44)66-57-23-10-7-20-51(57)52-21-8-11-24-58(52)66)42-28-26-41(27-29-42)45-16-13-17-46(38-45)48-33-37-60-54(39-48)53-22-9-12-25-59(53)65(60)49-18-5-2-6-19-49/h1-40H. The molecule has 0 unspecified atom stereocenters. The molecule has 66 heavy (non-hydrogen) atoms. The molecule has 0 aliphatic heterocycles. The van der Waals surface area contributed by atoms with Gasteiger partial charge < -0.3 is 9.13 Å². The van der Waals surface area contributed by atoms with Crippen molar-refractivity contribution < 1.29 is 0 Å². The van der Waals surface area contributed by atoms with Crippen LogP contribution in [0.5, 0.6) is 0 Å². The fraction of sp³-hybridized carbons (Fsp3) is 0. The van der Waals surface area contributed by atoms with E-state index in [1.54, 1.807) is 0 Å². The lowest BCUT2D eigenvalue weighted by Gasteiger charge is -2.13. The van der Waals surface area contributed by atoms with E-state index in [0.717, 1.165) is 44.5 Å². The molecule has 0 saturated carbocycles. The number of aromatic nitrogens is 4. The fourth-order valence-corrected chi connectivity index (χ4v) is 9.95. The predicted molar refractivity (Wildman–Crippen MR) is 275 cm³/mol. The van der Waals surface area contributed by atoms with Gasteiger partial charge in [-0.2, -0.15) is 0 Å². The molecule has 0 amide bonds. The Bertz CT molecular complexity index is 3900. The second-order valence-electron chi connectivity index (χ2n) is 17.0. The monoisotopic (exact) mass is 840 g/mol. The number of hydrogen-bond acceptors (Lipinski definition) is 2. The number of fused-ring (bicyclic) bond motifs is 7. The van der Waals surface area contributed by atoms with Crippen molar-refractivity contribution in [3.8, 4) is 67.4 Å². The van der Waals surface area contributed by atoms with Crippen LogP contribution in [0, 0.1) is 0 Å². The van der Waals surface area contributed by atoms with E-state index in [1.807, 2.05) is 6.07 Å². The Hall–Kier alpha value is -8.86. The third kappa shape index (κ3) is 6.30. The quantitative estimate of drug-likeness (QED) is 0.160. The van der Waals surface area contributed by atoms with Gasteiger partial charge in [0.05, 0.1) is 33.3 Å². The highest BCUT2D eigenvalue weighted by molar-refractivity contribution is 6.11. The van der Waals surface area contributed by atoms with E-state index in [0.29, 0.717) is 5.82 Å². The average molecular weight is 841 g/mol. The molecule has 0 aliphatic carbocycles. The van der Waals surface area contributed by atoms with E-state index in [9.17, 15) is 0 Å². The Morgan fingerprint density at radius 3 is 1.30 bits per heavy atom. The van der Waals surface area contributed by atoms with Crippen LogP contribution in [0.15, 0.2) is 243 Å². The van der Waals surface area contributed by atoms with Gasteiger partial charge in [0.2, 0.25) is 0 Å². The molecule has 0 N–H and O–H groups in total. The Labute approximate surface area is 382 Å². The van der Waals surface area contributed by atoms with Gasteiger partial charge in [-0.15, -0.1) is 0 Å². The number of rotatable bonds is 7. The minimum atomic E-state index is 0.702. The Morgan fingerprint density at radius 2 is 0.667 bits per heavy atom. The zero-order valence-corrected chi connectivity index (χ0v) is 35.9. The lowest BCUT2D eigenvalue weighted by Crippen LogP contribution is -1.97. The smallest absolute Gasteiger partial charge is 0.160 e. The van der Waals surface area contributed by atoms with Gasteiger partial charge in [-0.3, -0.25) is 0 Å². The molecule has 10 aromatic carbocycles. The van der Waals surface area contributed by atoms with Crippen LogP contribution < -0.4 is 0 Å². The van der Waals surface area contributed by atoms with Crippen molar-refractivity contribution in [2.24, 2.45) is 0 Å². The maximum atomic E-state index is 5.28. The van der Waals surface area contributed by atoms with E-state index in [2.05, 4.69) is 246 Å². The van der Waals surface area contributed by atoms with Gasteiger partial charge in [0.1, 0.15) is 0 Å². The summed E-state index contributed by atoms with van der Waals surface area (Å²) in [5, 5.41) is 6.02. The van der Waals surface area contributed by atoms with Gasteiger partial charge in [0, 0.05) is 49.4 Å².